The van der Waals surface area contributed by atoms with E-state index >= 15 is 0 Å². The second-order valence-electron chi connectivity index (χ2n) is 4.02. The van der Waals surface area contributed by atoms with Crippen LogP contribution in [0.2, 0.25) is 0 Å². The molecule has 0 aliphatic rings. The molecule has 0 amide bonds. The lowest BCUT2D eigenvalue weighted by atomic mass is 9.99. The first-order valence-electron chi connectivity index (χ1n) is 5.60. The highest BCUT2D eigenvalue weighted by Gasteiger charge is 2.16. The number of methoxy groups -OCH3 is 1. The lowest BCUT2D eigenvalue weighted by Gasteiger charge is -2.19. The molecule has 0 saturated carbocycles. The predicted molar refractivity (Wildman–Crippen MR) is 73.0 cm³/mol. The molecule has 1 aromatic heterocycles. The third-order valence-corrected chi connectivity index (χ3v) is 3.57. The fourth-order valence-corrected chi connectivity index (χ4v) is 2.68. The van der Waals surface area contributed by atoms with Gasteiger partial charge in [0.25, 0.3) is 0 Å². The summed E-state index contributed by atoms with van der Waals surface area (Å²) in [5.74, 6) is 0.940. The van der Waals surface area contributed by atoms with E-state index in [0.717, 1.165) is 5.75 Å². The van der Waals surface area contributed by atoms with E-state index in [4.69, 9.17) is 4.74 Å². The van der Waals surface area contributed by atoms with Crippen LogP contribution < -0.4 is 10.1 Å². The van der Waals surface area contributed by atoms with Gasteiger partial charge in [0.05, 0.1) is 13.2 Å². The van der Waals surface area contributed by atoms with Gasteiger partial charge in [-0.25, -0.2) is 0 Å². The first-order chi connectivity index (χ1) is 8.26. The molecule has 2 rings (SSSR count). The van der Waals surface area contributed by atoms with Gasteiger partial charge in [0.1, 0.15) is 5.75 Å². The highest BCUT2D eigenvalue weighted by molar-refractivity contribution is 7.08. The van der Waals surface area contributed by atoms with Crippen molar-refractivity contribution in [2.75, 3.05) is 14.2 Å². The summed E-state index contributed by atoms with van der Waals surface area (Å²) in [4.78, 5) is 0. The van der Waals surface area contributed by atoms with Crippen molar-refractivity contribution in [2.45, 2.75) is 13.0 Å². The van der Waals surface area contributed by atoms with E-state index in [1.807, 2.05) is 7.05 Å². The molecule has 17 heavy (non-hydrogen) atoms. The van der Waals surface area contributed by atoms with Crippen LogP contribution in [0.1, 0.15) is 22.7 Å². The van der Waals surface area contributed by atoms with Gasteiger partial charge in [-0.1, -0.05) is 12.1 Å². The van der Waals surface area contributed by atoms with Gasteiger partial charge in [0.2, 0.25) is 0 Å². The molecule has 0 radical (unpaired) electrons. The molecule has 1 N–H and O–H groups in total. The molecule has 2 nitrogen and oxygen atoms in total. The predicted octanol–water partition coefficient (Wildman–Crippen LogP) is 3.37. The molecule has 2 aromatic rings. The summed E-state index contributed by atoms with van der Waals surface area (Å²) < 4.78 is 5.47. The highest BCUT2D eigenvalue weighted by atomic mass is 32.1. The number of thiophene rings is 1. The smallest absolute Gasteiger partial charge is 0.124 e. The number of benzene rings is 1. The zero-order valence-corrected chi connectivity index (χ0v) is 11.2. The summed E-state index contributed by atoms with van der Waals surface area (Å²) in [6, 6.07) is 8.66. The Balaban J connectivity index is 2.44. The third-order valence-electron chi connectivity index (χ3n) is 2.87. The highest BCUT2D eigenvalue weighted by Crippen LogP contribution is 2.31. The molecule has 0 bridgehead atoms. The zero-order valence-electron chi connectivity index (χ0n) is 10.4. The van der Waals surface area contributed by atoms with Gasteiger partial charge < -0.3 is 10.1 Å². The Morgan fingerprint density at radius 3 is 2.71 bits per heavy atom. The molecule has 0 fully saturated rings. The standard InChI is InChI=1S/C14H17NOS/c1-10-4-5-12(13(8-10)16-3)14(15-2)11-6-7-17-9-11/h4-9,14-15H,1-3H3. The minimum Gasteiger partial charge on any atom is -0.496 e. The first kappa shape index (κ1) is 12.1. The number of rotatable bonds is 4. The van der Waals surface area contributed by atoms with E-state index in [1.165, 1.54) is 16.7 Å². The van der Waals surface area contributed by atoms with Crippen LogP contribution in [-0.2, 0) is 0 Å². The van der Waals surface area contributed by atoms with E-state index < -0.39 is 0 Å². The van der Waals surface area contributed by atoms with Gasteiger partial charge in [-0.15, -0.1) is 0 Å². The minimum atomic E-state index is 0.191. The Bertz CT molecular complexity index is 479. The third kappa shape index (κ3) is 2.51. The van der Waals surface area contributed by atoms with Crippen LogP contribution in [0.5, 0.6) is 5.75 Å². The van der Waals surface area contributed by atoms with E-state index in [9.17, 15) is 0 Å². The molecule has 1 unspecified atom stereocenters. The molecule has 3 heteroatoms. The summed E-state index contributed by atoms with van der Waals surface area (Å²) >= 11 is 1.71. The summed E-state index contributed by atoms with van der Waals surface area (Å²) in [5, 5.41) is 7.61. The second kappa shape index (κ2) is 5.34. The van der Waals surface area contributed by atoms with E-state index in [-0.39, 0.29) is 6.04 Å². The SMILES string of the molecule is CNC(c1ccsc1)c1ccc(C)cc1OC. The van der Waals surface area contributed by atoms with Crippen LogP contribution in [0, 0.1) is 6.92 Å². The average molecular weight is 247 g/mol. The maximum Gasteiger partial charge on any atom is 0.124 e. The average Bonchev–Trinajstić information content (AvgIpc) is 2.85. The van der Waals surface area contributed by atoms with Gasteiger partial charge in [-0.3, -0.25) is 0 Å². The van der Waals surface area contributed by atoms with Crippen LogP contribution in [0.25, 0.3) is 0 Å². The second-order valence-corrected chi connectivity index (χ2v) is 4.80. The zero-order chi connectivity index (χ0) is 12.3. The quantitative estimate of drug-likeness (QED) is 0.894. The summed E-state index contributed by atoms with van der Waals surface area (Å²) in [7, 11) is 3.69. The van der Waals surface area contributed by atoms with Gasteiger partial charge in [-0.2, -0.15) is 11.3 Å². The number of ether oxygens (including phenoxy) is 1. The molecular formula is C14H17NOS. The Hall–Kier alpha value is -1.32. The Morgan fingerprint density at radius 1 is 1.29 bits per heavy atom. The number of hydrogen-bond donors (Lipinski definition) is 1. The van der Waals surface area contributed by atoms with Gasteiger partial charge in [0, 0.05) is 5.56 Å². The van der Waals surface area contributed by atoms with E-state index in [0.29, 0.717) is 0 Å². The normalized spacial score (nSPS) is 12.4. The van der Waals surface area contributed by atoms with Crippen molar-refractivity contribution in [3.05, 3.63) is 51.7 Å². The van der Waals surface area contributed by atoms with Crippen molar-refractivity contribution in [1.29, 1.82) is 0 Å². The lowest BCUT2D eigenvalue weighted by Crippen LogP contribution is -2.17. The molecule has 0 aliphatic carbocycles. The molecule has 0 saturated heterocycles. The summed E-state index contributed by atoms with van der Waals surface area (Å²) in [6.07, 6.45) is 0. The summed E-state index contributed by atoms with van der Waals surface area (Å²) in [5.41, 5.74) is 3.67. The topological polar surface area (TPSA) is 21.3 Å². The molecule has 0 spiro atoms. The van der Waals surface area contributed by atoms with Crippen LogP contribution in [0.3, 0.4) is 0 Å². The van der Waals surface area contributed by atoms with Crippen molar-refractivity contribution >= 4 is 11.3 Å². The fraction of sp³-hybridized carbons (Fsp3) is 0.286. The fourth-order valence-electron chi connectivity index (χ4n) is 2.00. The molecular weight excluding hydrogens is 230 g/mol. The molecule has 1 heterocycles. The van der Waals surface area contributed by atoms with Crippen LogP contribution >= 0.6 is 11.3 Å². The molecule has 0 aliphatic heterocycles. The Kier molecular flexibility index (Phi) is 3.82. The van der Waals surface area contributed by atoms with Gasteiger partial charge in [0.15, 0.2) is 0 Å². The molecule has 1 aromatic carbocycles. The van der Waals surface area contributed by atoms with Crippen molar-refractivity contribution in [3.8, 4) is 5.75 Å². The van der Waals surface area contributed by atoms with Crippen LogP contribution in [-0.4, -0.2) is 14.2 Å². The maximum absolute atomic E-state index is 5.47. The largest absolute Gasteiger partial charge is 0.496 e. The Labute approximate surface area is 106 Å². The minimum absolute atomic E-state index is 0.191. The molecule has 1 atom stereocenters. The van der Waals surface area contributed by atoms with E-state index in [2.05, 4.69) is 47.3 Å². The van der Waals surface area contributed by atoms with Gasteiger partial charge in [-0.05, 0) is 48.0 Å². The van der Waals surface area contributed by atoms with Crippen molar-refractivity contribution in [1.82, 2.24) is 5.32 Å². The summed E-state index contributed by atoms with van der Waals surface area (Å²) in [6.45, 7) is 2.07. The van der Waals surface area contributed by atoms with Crippen LogP contribution in [0.15, 0.2) is 35.0 Å². The maximum atomic E-state index is 5.47. The number of aryl methyl sites for hydroxylation is 1. The van der Waals surface area contributed by atoms with Crippen LogP contribution in [0.4, 0.5) is 0 Å². The first-order valence-corrected chi connectivity index (χ1v) is 6.54. The van der Waals surface area contributed by atoms with Crippen molar-refractivity contribution in [3.63, 3.8) is 0 Å². The van der Waals surface area contributed by atoms with Crippen molar-refractivity contribution in [2.24, 2.45) is 0 Å². The van der Waals surface area contributed by atoms with Gasteiger partial charge >= 0.3 is 0 Å². The monoisotopic (exact) mass is 247 g/mol. The number of hydrogen-bond acceptors (Lipinski definition) is 3. The van der Waals surface area contributed by atoms with E-state index in [1.54, 1.807) is 18.4 Å². The van der Waals surface area contributed by atoms with Crippen molar-refractivity contribution < 1.29 is 4.74 Å². The molecule has 90 valence electrons. The Morgan fingerprint density at radius 2 is 2.12 bits per heavy atom. The lowest BCUT2D eigenvalue weighted by molar-refractivity contribution is 0.405. The number of nitrogens with one attached hydrogen (secondary N) is 1.